The predicted octanol–water partition coefficient (Wildman–Crippen LogP) is 3.00. The minimum Gasteiger partial charge on any atom is -0.355 e. The maximum atomic E-state index is 6.22. The molecule has 0 spiro atoms. The van der Waals surface area contributed by atoms with E-state index in [1.54, 1.807) is 0 Å². The average Bonchev–Trinajstić information content (AvgIpc) is 2.50. The minimum absolute atomic E-state index is 0.674. The van der Waals surface area contributed by atoms with Crippen LogP contribution in [0.4, 0.5) is 11.6 Å². The van der Waals surface area contributed by atoms with E-state index in [0.717, 1.165) is 34.8 Å². The Morgan fingerprint density at radius 3 is 2.71 bits per heavy atom. The van der Waals surface area contributed by atoms with Crippen LogP contribution >= 0.6 is 11.6 Å². The molecule has 3 N–H and O–H groups in total. The number of nitrogens with one attached hydrogen (secondary N) is 1. The number of nitrogens with two attached hydrogens (primary N) is 1. The largest absolute Gasteiger partial charge is 0.355 e. The summed E-state index contributed by atoms with van der Waals surface area (Å²) in [6.45, 7) is 2.79. The highest BCUT2D eigenvalue weighted by Gasteiger charge is 2.14. The van der Waals surface area contributed by atoms with Crippen molar-refractivity contribution in [3.63, 3.8) is 0 Å². The fourth-order valence-electron chi connectivity index (χ4n) is 2.29. The predicted molar refractivity (Wildman–Crippen MR) is 87.4 cm³/mol. The first-order valence-electron chi connectivity index (χ1n) is 6.92. The maximum Gasteiger partial charge on any atom is 0.148 e. The molecule has 21 heavy (non-hydrogen) atoms. The van der Waals surface area contributed by atoms with Gasteiger partial charge in [0.25, 0.3) is 0 Å². The van der Waals surface area contributed by atoms with Gasteiger partial charge in [-0.05, 0) is 18.1 Å². The molecule has 0 atom stereocenters. The van der Waals surface area contributed by atoms with Gasteiger partial charge in [0.05, 0.1) is 0 Å². The van der Waals surface area contributed by atoms with Crippen LogP contribution in [0.5, 0.6) is 0 Å². The zero-order valence-corrected chi connectivity index (χ0v) is 13.1. The molecule has 1 aromatic heterocycles. The molecule has 6 heteroatoms. The number of nitrogen functional groups attached to an aromatic ring is 1. The summed E-state index contributed by atoms with van der Waals surface area (Å²) < 4.78 is 0. The molecule has 2 rings (SSSR count). The lowest BCUT2D eigenvalue weighted by molar-refractivity contribution is 0.843. The SMILES string of the molecule is CCCc1c(NN)ncnc1N(C)Cc1ccccc1Cl. The molecule has 0 unspecified atom stereocenters. The first kappa shape index (κ1) is 15.5. The standard InChI is InChI=1S/C15H20ClN5/c1-3-6-12-14(20-17)18-10-19-15(12)21(2)9-11-7-4-5-8-13(11)16/h4-5,7-8,10H,3,6,9,17H2,1-2H3,(H,18,19,20). The Balaban J connectivity index is 2.30. The van der Waals surface area contributed by atoms with Gasteiger partial charge in [-0.1, -0.05) is 43.1 Å². The number of hydrogen-bond donors (Lipinski definition) is 2. The van der Waals surface area contributed by atoms with E-state index in [9.17, 15) is 0 Å². The Hall–Kier alpha value is -1.85. The topological polar surface area (TPSA) is 67.1 Å². The van der Waals surface area contributed by atoms with Crippen LogP contribution in [0.2, 0.25) is 5.02 Å². The molecule has 0 radical (unpaired) electrons. The van der Waals surface area contributed by atoms with E-state index in [0.29, 0.717) is 12.4 Å². The van der Waals surface area contributed by atoms with E-state index in [1.807, 2.05) is 31.3 Å². The van der Waals surface area contributed by atoms with E-state index in [-0.39, 0.29) is 0 Å². The second kappa shape index (κ2) is 7.24. The molecular formula is C15H20ClN5. The minimum atomic E-state index is 0.674. The second-order valence-electron chi connectivity index (χ2n) is 4.87. The number of hydrogen-bond acceptors (Lipinski definition) is 5. The Labute approximate surface area is 130 Å². The molecule has 0 saturated carbocycles. The smallest absolute Gasteiger partial charge is 0.148 e. The summed E-state index contributed by atoms with van der Waals surface area (Å²) in [6, 6.07) is 7.82. The summed E-state index contributed by atoms with van der Waals surface area (Å²) in [5, 5.41) is 0.757. The molecule has 2 aromatic rings. The molecule has 112 valence electrons. The van der Waals surface area contributed by atoms with Crippen molar-refractivity contribution in [1.29, 1.82) is 0 Å². The normalized spacial score (nSPS) is 10.5. The van der Waals surface area contributed by atoms with Crippen LogP contribution < -0.4 is 16.2 Å². The third-order valence-corrected chi connectivity index (χ3v) is 3.65. The van der Waals surface area contributed by atoms with Crippen molar-refractivity contribution in [3.05, 3.63) is 46.7 Å². The summed E-state index contributed by atoms with van der Waals surface area (Å²) in [5.41, 5.74) is 4.73. The highest BCUT2D eigenvalue weighted by molar-refractivity contribution is 6.31. The summed E-state index contributed by atoms with van der Waals surface area (Å²) in [6.07, 6.45) is 3.38. The molecule has 1 aromatic carbocycles. The molecule has 0 bridgehead atoms. The monoisotopic (exact) mass is 305 g/mol. The zero-order valence-electron chi connectivity index (χ0n) is 12.3. The van der Waals surface area contributed by atoms with Gasteiger partial charge >= 0.3 is 0 Å². The van der Waals surface area contributed by atoms with Crippen LogP contribution in [0.3, 0.4) is 0 Å². The first-order valence-corrected chi connectivity index (χ1v) is 7.30. The van der Waals surface area contributed by atoms with Gasteiger partial charge in [-0.2, -0.15) is 0 Å². The van der Waals surface area contributed by atoms with Crippen LogP contribution in [0.25, 0.3) is 0 Å². The Kier molecular flexibility index (Phi) is 5.36. The fraction of sp³-hybridized carbons (Fsp3) is 0.333. The molecular weight excluding hydrogens is 286 g/mol. The van der Waals surface area contributed by atoms with Gasteiger partial charge in [-0.3, -0.25) is 0 Å². The number of benzene rings is 1. The van der Waals surface area contributed by atoms with Gasteiger partial charge in [-0.15, -0.1) is 0 Å². The van der Waals surface area contributed by atoms with E-state index in [1.165, 1.54) is 6.33 Å². The molecule has 5 nitrogen and oxygen atoms in total. The van der Waals surface area contributed by atoms with Crippen LogP contribution in [-0.2, 0) is 13.0 Å². The Morgan fingerprint density at radius 2 is 2.05 bits per heavy atom. The molecule has 1 heterocycles. The summed E-state index contributed by atoms with van der Waals surface area (Å²) >= 11 is 6.22. The first-order chi connectivity index (χ1) is 10.2. The second-order valence-corrected chi connectivity index (χ2v) is 5.27. The van der Waals surface area contributed by atoms with Crippen LogP contribution in [0, 0.1) is 0 Å². The molecule has 0 amide bonds. The number of halogens is 1. The van der Waals surface area contributed by atoms with Crippen LogP contribution in [0.1, 0.15) is 24.5 Å². The molecule has 0 aliphatic carbocycles. The number of anilines is 2. The molecule has 0 fully saturated rings. The summed E-state index contributed by atoms with van der Waals surface area (Å²) in [7, 11) is 1.99. The molecule has 0 saturated heterocycles. The molecule has 0 aliphatic heterocycles. The lowest BCUT2D eigenvalue weighted by Crippen LogP contribution is -2.22. The summed E-state index contributed by atoms with van der Waals surface area (Å²) in [4.78, 5) is 10.7. The Morgan fingerprint density at radius 1 is 1.29 bits per heavy atom. The highest BCUT2D eigenvalue weighted by atomic mass is 35.5. The van der Waals surface area contributed by atoms with Crippen molar-refractivity contribution in [2.45, 2.75) is 26.3 Å². The van der Waals surface area contributed by atoms with Crippen molar-refractivity contribution in [2.75, 3.05) is 17.4 Å². The van der Waals surface area contributed by atoms with E-state index < -0.39 is 0 Å². The number of hydrazine groups is 1. The fourth-order valence-corrected chi connectivity index (χ4v) is 2.49. The quantitative estimate of drug-likeness (QED) is 0.634. The zero-order chi connectivity index (χ0) is 15.2. The van der Waals surface area contributed by atoms with Gasteiger partial charge < -0.3 is 10.3 Å². The Bertz CT molecular complexity index is 602. The van der Waals surface area contributed by atoms with Gasteiger partial charge in [0.1, 0.15) is 18.0 Å². The maximum absolute atomic E-state index is 6.22. The van der Waals surface area contributed by atoms with Crippen molar-refractivity contribution in [1.82, 2.24) is 9.97 Å². The van der Waals surface area contributed by atoms with Gasteiger partial charge in [0, 0.05) is 24.2 Å². The molecule has 0 aliphatic rings. The highest BCUT2D eigenvalue weighted by Crippen LogP contribution is 2.26. The summed E-state index contributed by atoms with van der Waals surface area (Å²) in [5.74, 6) is 7.10. The lowest BCUT2D eigenvalue weighted by atomic mass is 10.1. The van der Waals surface area contributed by atoms with Crippen LogP contribution in [-0.4, -0.2) is 17.0 Å². The van der Waals surface area contributed by atoms with E-state index in [4.69, 9.17) is 17.4 Å². The van der Waals surface area contributed by atoms with Gasteiger partial charge in [0.2, 0.25) is 0 Å². The third kappa shape index (κ3) is 3.62. The number of rotatable bonds is 6. The van der Waals surface area contributed by atoms with E-state index >= 15 is 0 Å². The van der Waals surface area contributed by atoms with Gasteiger partial charge in [-0.25, -0.2) is 15.8 Å². The van der Waals surface area contributed by atoms with Crippen molar-refractivity contribution in [2.24, 2.45) is 5.84 Å². The van der Waals surface area contributed by atoms with Crippen LogP contribution in [0.15, 0.2) is 30.6 Å². The van der Waals surface area contributed by atoms with Gasteiger partial charge in [0.15, 0.2) is 0 Å². The third-order valence-electron chi connectivity index (χ3n) is 3.29. The van der Waals surface area contributed by atoms with E-state index in [2.05, 4.69) is 27.2 Å². The lowest BCUT2D eigenvalue weighted by Gasteiger charge is -2.22. The number of nitrogens with zero attached hydrogens (tertiary/aromatic N) is 3. The van der Waals surface area contributed by atoms with Crippen molar-refractivity contribution < 1.29 is 0 Å². The van der Waals surface area contributed by atoms with Crippen molar-refractivity contribution in [3.8, 4) is 0 Å². The average molecular weight is 306 g/mol. The van der Waals surface area contributed by atoms with Crippen molar-refractivity contribution >= 4 is 23.2 Å². The number of aromatic nitrogens is 2.